The first-order valence-electron chi connectivity index (χ1n) is 2.57. The molecule has 0 spiro atoms. The maximum atomic E-state index is 9.77. The molecular formula is C5H8O5. The first-order valence-corrected chi connectivity index (χ1v) is 2.57. The minimum absolute atomic E-state index is 0.235. The molecular weight excluding hydrogens is 140 g/mol. The molecule has 0 fully saturated rings. The van der Waals surface area contributed by atoms with Gasteiger partial charge in [-0.2, -0.15) is 0 Å². The second-order valence-corrected chi connectivity index (χ2v) is 1.82. The van der Waals surface area contributed by atoms with Crippen LogP contribution in [0.5, 0.6) is 0 Å². The van der Waals surface area contributed by atoms with E-state index in [1.165, 1.54) is 0 Å². The summed E-state index contributed by atoms with van der Waals surface area (Å²) in [6.45, 7) is 0. The predicted molar refractivity (Wildman–Crippen MR) is 29.9 cm³/mol. The Hall–Kier alpha value is -0.780. The molecule has 0 rings (SSSR count). The quantitative estimate of drug-likeness (QED) is 0.311. The largest absolute Gasteiger partial charge is 0.387 e. The minimum atomic E-state index is -2.80. The van der Waals surface area contributed by atoms with E-state index in [1.807, 2.05) is 0 Å². The predicted octanol–water partition coefficient (Wildman–Crippen LogP) is -2.18. The van der Waals surface area contributed by atoms with Crippen molar-refractivity contribution in [3.63, 3.8) is 0 Å². The van der Waals surface area contributed by atoms with E-state index in [2.05, 4.69) is 0 Å². The van der Waals surface area contributed by atoms with E-state index in [0.29, 0.717) is 0 Å². The highest BCUT2D eigenvalue weighted by Crippen LogP contribution is 2.04. The molecule has 0 radical (unpaired) electrons. The summed E-state index contributed by atoms with van der Waals surface area (Å²) >= 11 is 0. The molecule has 1 atom stereocenters. The van der Waals surface area contributed by atoms with E-state index in [-0.39, 0.29) is 12.6 Å². The smallest absolute Gasteiger partial charge is 0.248 e. The van der Waals surface area contributed by atoms with Crippen LogP contribution in [0.4, 0.5) is 0 Å². The van der Waals surface area contributed by atoms with Crippen LogP contribution >= 0.6 is 0 Å². The Morgan fingerprint density at radius 2 is 1.90 bits per heavy atom. The highest BCUT2D eigenvalue weighted by molar-refractivity contribution is 5.62. The Kier molecular flexibility index (Phi) is 3.14. The molecule has 0 amide bonds. The lowest BCUT2D eigenvalue weighted by molar-refractivity contribution is -0.208. The minimum Gasteiger partial charge on any atom is -0.387 e. The molecule has 3 N–H and O–H groups in total. The van der Waals surface area contributed by atoms with Crippen LogP contribution in [0.1, 0.15) is 6.42 Å². The summed E-state index contributed by atoms with van der Waals surface area (Å²) in [6, 6.07) is 0. The van der Waals surface area contributed by atoms with Crippen LogP contribution in [0.15, 0.2) is 0 Å². The fourth-order valence-electron chi connectivity index (χ4n) is 0.343. The van der Waals surface area contributed by atoms with Gasteiger partial charge in [0.2, 0.25) is 5.79 Å². The van der Waals surface area contributed by atoms with E-state index in [1.54, 1.807) is 0 Å². The summed E-state index contributed by atoms with van der Waals surface area (Å²) in [5.41, 5.74) is 0. The van der Waals surface area contributed by atoms with Crippen molar-refractivity contribution in [2.75, 3.05) is 0 Å². The van der Waals surface area contributed by atoms with Crippen molar-refractivity contribution in [1.82, 2.24) is 0 Å². The van der Waals surface area contributed by atoms with Gasteiger partial charge in [-0.3, -0.25) is 4.79 Å². The summed E-state index contributed by atoms with van der Waals surface area (Å²) in [6.07, 6.45) is -2.18. The Morgan fingerprint density at radius 1 is 1.40 bits per heavy atom. The van der Waals surface area contributed by atoms with Gasteiger partial charge in [-0.25, -0.2) is 0 Å². The molecule has 0 aromatic rings. The summed E-state index contributed by atoms with van der Waals surface area (Å²) in [5, 5.41) is 25.6. The van der Waals surface area contributed by atoms with E-state index in [9.17, 15) is 9.59 Å². The second kappa shape index (κ2) is 3.40. The number of aliphatic hydroxyl groups excluding tert-OH is 1. The molecule has 0 saturated carbocycles. The van der Waals surface area contributed by atoms with Gasteiger partial charge in [0.15, 0.2) is 6.29 Å². The molecule has 0 heterocycles. The van der Waals surface area contributed by atoms with Gasteiger partial charge in [0.1, 0.15) is 12.4 Å². The van der Waals surface area contributed by atoms with Gasteiger partial charge in [0.05, 0.1) is 0 Å². The lowest BCUT2D eigenvalue weighted by atomic mass is 10.1. The van der Waals surface area contributed by atoms with Gasteiger partial charge >= 0.3 is 0 Å². The Bertz CT molecular complexity index is 130. The average Bonchev–Trinajstić information content (AvgIpc) is 1.89. The molecule has 5 heteroatoms. The van der Waals surface area contributed by atoms with Crippen LogP contribution in [0.3, 0.4) is 0 Å². The molecule has 0 aromatic heterocycles. The number of aldehydes is 2. The van der Waals surface area contributed by atoms with Crippen molar-refractivity contribution in [2.24, 2.45) is 0 Å². The molecule has 1 unspecified atom stereocenters. The summed E-state index contributed by atoms with van der Waals surface area (Å²) in [7, 11) is 0. The van der Waals surface area contributed by atoms with Crippen LogP contribution < -0.4 is 0 Å². The Balaban J connectivity index is 4.02. The fourth-order valence-corrected chi connectivity index (χ4v) is 0.343. The number of carbonyl (C=O) groups is 2. The van der Waals surface area contributed by atoms with Crippen LogP contribution in [-0.4, -0.2) is 39.8 Å². The third-order valence-corrected chi connectivity index (χ3v) is 0.983. The molecule has 0 aromatic carbocycles. The molecule has 0 bridgehead atoms. The zero-order chi connectivity index (χ0) is 8.20. The van der Waals surface area contributed by atoms with Gasteiger partial charge in [-0.15, -0.1) is 0 Å². The van der Waals surface area contributed by atoms with Gasteiger partial charge in [0, 0.05) is 6.42 Å². The van der Waals surface area contributed by atoms with E-state index >= 15 is 0 Å². The van der Waals surface area contributed by atoms with Crippen molar-refractivity contribution in [2.45, 2.75) is 18.3 Å². The monoisotopic (exact) mass is 148 g/mol. The number of hydrogen-bond donors (Lipinski definition) is 3. The molecule has 0 aliphatic heterocycles. The molecule has 58 valence electrons. The molecule has 10 heavy (non-hydrogen) atoms. The van der Waals surface area contributed by atoms with E-state index in [0.717, 1.165) is 0 Å². The number of rotatable bonds is 4. The van der Waals surface area contributed by atoms with Gasteiger partial charge in [-0.05, 0) is 0 Å². The molecule has 0 aliphatic rings. The highest BCUT2D eigenvalue weighted by atomic mass is 16.5. The summed E-state index contributed by atoms with van der Waals surface area (Å²) < 4.78 is 0. The zero-order valence-electron chi connectivity index (χ0n) is 5.10. The van der Waals surface area contributed by atoms with Crippen molar-refractivity contribution < 1.29 is 24.9 Å². The standard InChI is InChI=1S/C5H8O5/c6-2-1-4(8)5(9,10)3-7/h2-4,8-10H,1H2. The van der Waals surface area contributed by atoms with Crippen molar-refractivity contribution in [3.8, 4) is 0 Å². The van der Waals surface area contributed by atoms with E-state index in [4.69, 9.17) is 15.3 Å². The third-order valence-electron chi connectivity index (χ3n) is 0.983. The fraction of sp³-hybridized carbons (Fsp3) is 0.600. The Morgan fingerprint density at radius 3 is 2.20 bits per heavy atom. The van der Waals surface area contributed by atoms with E-state index < -0.39 is 18.3 Å². The summed E-state index contributed by atoms with van der Waals surface area (Å²) in [4.78, 5) is 19.4. The summed E-state index contributed by atoms with van der Waals surface area (Å²) in [5.74, 6) is -2.80. The van der Waals surface area contributed by atoms with Gasteiger partial charge in [-0.1, -0.05) is 0 Å². The van der Waals surface area contributed by atoms with Crippen LogP contribution in [0.2, 0.25) is 0 Å². The normalized spacial score (nSPS) is 14.3. The lowest BCUT2D eigenvalue weighted by Crippen LogP contribution is -2.43. The molecule has 5 nitrogen and oxygen atoms in total. The van der Waals surface area contributed by atoms with Crippen molar-refractivity contribution >= 4 is 12.6 Å². The average molecular weight is 148 g/mol. The van der Waals surface area contributed by atoms with Crippen molar-refractivity contribution in [3.05, 3.63) is 0 Å². The number of aliphatic hydroxyl groups is 3. The molecule has 0 aliphatic carbocycles. The van der Waals surface area contributed by atoms with Gasteiger partial charge < -0.3 is 20.1 Å². The maximum absolute atomic E-state index is 9.77. The topological polar surface area (TPSA) is 94.8 Å². The maximum Gasteiger partial charge on any atom is 0.248 e. The third kappa shape index (κ3) is 2.22. The SMILES string of the molecule is O=CCC(O)C(O)(O)C=O. The van der Waals surface area contributed by atoms with Crippen LogP contribution in [0, 0.1) is 0 Å². The first kappa shape index (κ1) is 9.22. The van der Waals surface area contributed by atoms with Crippen molar-refractivity contribution in [1.29, 1.82) is 0 Å². The second-order valence-electron chi connectivity index (χ2n) is 1.82. The van der Waals surface area contributed by atoms with Crippen LogP contribution in [0.25, 0.3) is 0 Å². The lowest BCUT2D eigenvalue weighted by Gasteiger charge is -2.18. The highest BCUT2D eigenvalue weighted by Gasteiger charge is 2.31. The number of carbonyl (C=O) groups excluding carboxylic acids is 2. The first-order chi connectivity index (χ1) is 4.54. The van der Waals surface area contributed by atoms with Gasteiger partial charge in [0.25, 0.3) is 0 Å². The number of hydrogen-bond acceptors (Lipinski definition) is 5. The van der Waals surface area contributed by atoms with Crippen LogP contribution in [-0.2, 0) is 9.59 Å². The molecule has 0 saturated heterocycles. The Labute approximate surface area is 56.9 Å². The zero-order valence-corrected chi connectivity index (χ0v) is 5.10.